The van der Waals surface area contributed by atoms with Gasteiger partial charge in [0.05, 0.1) is 13.1 Å². The number of hydrogen-bond acceptors (Lipinski definition) is 3. The van der Waals surface area contributed by atoms with Crippen LogP contribution in [0.2, 0.25) is 0 Å². The first-order valence-electron chi connectivity index (χ1n) is 7.13. The minimum absolute atomic E-state index is 0.0589. The Balaban J connectivity index is 1.87. The minimum Gasteiger partial charge on any atom is -0.362 e. The summed E-state index contributed by atoms with van der Waals surface area (Å²) in [7, 11) is 1.82. The molecule has 110 valence electrons. The van der Waals surface area contributed by atoms with Gasteiger partial charge < -0.3 is 9.88 Å². The number of H-pyrrole nitrogens is 1. The van der Waals surface area contributed by atoms with Crippen LogP contribution in [0.15, 0.2) is 6.07 Å². The third-order valence-electron chi connectivity index (χ3n) is 3.73. The molecule has 5 nitrogen and oxygen atoms in total. The normalized spacial score (nSPS) is 15.1. The van der Waals surface area contributed by atoms with Gasteiger partial charge in [-0.05, 0) is 39.8 Å². The van der Waals surface area contributed by atoms with Gasteiger partial charge in [-0.1, -0.05) is 0 Å². The summed E-state index contributed by atoms with van der Waals surface area (Å²) < 4.78 is 0. The van der Waals surface area contributed by atoms with E-state index in [1.54, 1.807) is 4.90 Å². The summed E-state index contributed by atoms with van der Waals surface area (Å²) in [6.07, 6.45) is 2.19. The number of aromatic amines is 1. The summed E-state index contributed by atoms with van der Waals surface area (Å²) in [5.41, 5.74) is 2.61. The molecule has 20 heavy (non-hydrogen) atoms. The van der Waals surface area contributed by atoms with Crippen LogP contribution in [-0.4, -0.2) is 59.7 Å². The number of aryl methyl sites for hydroxylation is 2. The lowest BCUT2D eigenvalue weighted by atomic mass is 10.1. The van der Waals surface area contributed by atoms with Crippen LogP contribution in [0.3, 0.4) is 0 Å². The summed E-state index contributed by atoms with van der Waals surface area (Å²) in [5.74, 6) is 0.184. The van der Waals surface area contributed by atoms with Crippen LogP contribution in [0.4, 0.5) is 0 Å². The molecular formula is C15H23N3O2. The van der Waals surface area contributed by atoms with Crippen molar-refractivity contribution in [2.45, 2.75) is 26.7 Å². The topological polar surface area (TPSA) is 56.4 Å². The van der Waals surface area contributed by atoms with Crippen molar-refractivity contribution in [3.05, 3.63) is 23.0 Å². The number of carbonyl (C=O) groups is 2. The molecule has 0 unspecified atom stereocenters. The molecule has 1 fully saturated rings. The molecule has 2 rings (SSSR count). The minimum atomic E-state index is 0.0589. The number of amides is 1. The van der Waals surface area contributed by atoms with Crippen LogP contribution in [0.1, 0.15) is 34.6 Å². The number of hydrogen-bond donors (Lipinski definition) is 1. The number of rotatable bonds is 5. The molecule has 0 spiro atoms. The molecule has 0 radical (unpaired) electrons. The first-order valence-corrected chi connectivity index (χ1v) is 7.13. The number of likely N-dealkylation sites (N-methyl/N-ethyl adjacent to an activating group) is 1. The third-order valence-corrected chi connectivity index (χ3v) is 3.73. The summed E-state index contributed by atoms with van der Waals surface area (Å²) >= 11 is 0. The first kappa shape index (κ1) is 14.8. The molecule has 1 aromatic rings. The van der Waals surface area contributed by atoms with Crippen LogP contribution in [0.25, 0.3) is 0 Å². The van der Waals surface area contributed by atoms with E-state index in [4.69, 9.17) is 0 Å². The van der Waals surface area contributed by atoms with Gasteiger partial charge in [0.2, 0.25) is 5.91 Å². The van der Waals surface area contributed by atoms with Gasteiger partial charge in [0.25, 0.3) is 0 Å². The lowest BCUT2D eigenvalue weighted by molar-refractivity contribution is -0.130. The molecule has 5 heteroatoms. The third kappa shape index (κ3) is 3.48. The Hall–Kier alpha value is -1.62. The predicted molar refractivity (Wildman–Crippen MR) is 77.9 cm³/mol. The molecule has 0 aliphatic carbocycles. The average molecular weight is 277 g/mol. The molecule has 0 atom stereocenters. The first-order chi connectivity index (χ1) is 9.47. The maximum Gasteiger partial charge on any atom is 0.236 e. The molecule has 1 aromatic heterocycles. The number of nitrogens with one attached hydrogen (secondary N) is 1. The number of carbonyl (C=O) groups excluding carboxylic acids is 2. The van der Waals surface area contributed by atoms with Crippen LogP contribution in [-0.2, 0) is 4.79 Å². The fraction of sp³-hybridized carbons (Fsp3) is 0.600. The fourth-order valence-electron chi connectivity index (χ4n) is 2.70. The molecular weight excluding hydrogens is 254 g/mol. The number of aromatic nitrogens is 1. The Bertz CT molecular complexity index is 501. The van der Waals surface area contributed by atoms with E-state index in [0.717, 1.165) is 42.9 Å². The van der Waals surface area contributed by atoms with Gasteiger partial charge in [-0.25, -0.2) is 0 Å². The second-order valence-electron chi connectivity index (χ2n) is 5.67. The van der Waals surface area contributed by atoms with Gasteiger partial charge in [-0.15, -0.1) is 0 Å². The SMILES string of the molecule is Cc1cc(C(=O)CN(C)CC(=O)N2CCCC2)c(C)[nH]1. The predicted octanol–water partition coefficient (Wildman–Crippen LogP) is 1.37. The number of nitrogens with zero attached hydrogens (tertiary/aromatic N) is 2. The molecule has 1 amide bonds. The van der Waals surface area contributed by atoms with E-state index in [9.17, 15) is 9.59 Å². The highest BCUT2D eigenvalue weighted by atomic mass is 16.2. The number of ketones is 1. The molecule has 1 saturated heterocycles. The van der Waals surface area contributed by atoms with Crippen molar-refractivity contribution in [2.24, 2.45) is 0 Å². The Labute approximate surface area is 119 Å². The van der Waals surface area contributed by atoms with Gasteiger partial charge in [0.15, 0.2) is 5.78 Å². The molecule has 1 aliphatic heterocycles. The van der Waals surface area contributed by atoms with Crippen molar-refractivity contribution >= 4 is 11.7 Å². The molecule has 1 N–H and O–H groups in total. The Morgan fingerprint density at radius 3 is 2.45 bits per heavy atom. The van der Waals surface area contributed by atoms with Crippen LogP contribution in [0.5, 0.6) is 0 Å². The summed E-state index contributed by atoms with van der Waals surface area (Å²) in [6.45, 7) is 6.14. The van der Waals surface area contributed by atoms with Crippen LogP contribution < -0.4 is 0 Å². The summed E-state index contributed by atoms with van der Waals surface area (Å²) in [5, 5.41) is 0. The maximum atomic E-state index is 12.2. The standard InChI is InChI=1S/C15H23N3O2/c1-11-8-13(12(2)16-11)14(19)9-17(3)10-15(20)18-6-4-5-7-18/h8,16H,4-7,9-10H2,1-3H3. The number of Topliss-reactive ketones (excluding diaryl/α,β-unsaturated/α-hetero) is 1. The van der Waals surface area contributed by atoms with Gasteiger partial charge in [-0.3, -0.25) is 14.5 Å². The van der Waals surface area contributed by atoms with Crippen molar-refractivity contribution in [1.29, 1.82) is 0 Å². The van der Waals surface area contributed by atoms with Gasteiger partial charge in [0.1, 0.15) is 0 Å². The Kier molecular flexibility index (Phi) is 4.60. The van der Waals surface area contributed by atoms with Crippen molar-refractivity contribution in [2.75, 3.05) is 33.2 Å². The zero-order chi connectivity index (χ0) is 14.7. The van der Waals surface area contributed by atoms with E-state index in [0.29, 0.717) is 6.54 Å². The van der Waals surface area contributed by atoms with Crippen LogP contribution >= 0.6 is 0 Å². The molecule has 0 saturated carbocycles. The van der Waals surface area contributed by atoms with E-state index in [1.165, 1.54) is 0 Å². The highest BCUT2D eigenvalue weighted by Crippen LogP contribution is 2.11. The quantitative estimate of drug-likeness (QED) is 0.827. The fourth-order valence-corrected chi connectivity index (χ4v) is 2.70. The second-order valence-corrected chi connectivity index (χ2v) is 5.67. The van der Waals surface area contributed by atoms with Gasteiger partial charge in [-0.2, -0.15) is 0 Å². The smallest absolute Gasteiger partial charge is 0.236 e. The van der Waals surface area contributed by atoms with Gasteiger partial charge >= 0.3 is 0 Å². The lowest BCUT2D eigenvalue weighted by Crippen LogP contribution is -2.39. The largest absolute Gasteiger partial charge is 0.362 e. The second kappa shape index (κ2) is 6.22. The lowest BCUT2D eigenvalue weighted by Gasteiger charge is -2.20. The Morgan fingerprint density at radius 1 is 1.25 bits per heavy atom. The van der Waals surface area contributed by atoms with E-state index in [-0.39, 0.29) is 18.2 Å². The van der Waals surface area contributed by atoms with E-state index >= 15 is 0 Å². The van der Waals surface area contributed by atoms with Crippen molar-refractivity contribution in [3.8, 4) is 0 Å². The van der Waals surface area contributed by atoms with E-state index < -0.39 is 0 Å². The van der Waals surface area contributed by atoms with Crippen LogP contribution in [0, 0.1) is 13.8 Å². The van der Waals surface area contributed by atoms with Crippen molar-refractivity contribution < 1.29 is 9.59 Å². The zero-order valence-electron chi connectivity index (χ0n) is 12.5. The van der Waals surface area contributed by atoms with Crippen molar-refractivity contribution in [1.82, 2.24) is 14.8 Å². The highest BCUT2D eigenvalue weighted by molar-refractivity contribution is 5.99. The molecule has 1 aliphatic rings. The monoisotopic (exact) mass is 277 g/mol. The van der Waals surface area contributed by atoms with E-state index in [1.807, 2.05) is 31.9 Å². The number of likely N-dealkylation sites (tertiary alicyclic amines) is 1. The molecule has 0 bridgehead atoms. The van der Waals surface area contributed by atoms with Crippen molar-refractivity contribution in [3.63, 3.8) is 0 Å². The highest BCUT2D eigenvalue weighted by Gasteiger charge is 2.20. The maximum absolute atomic E-state index is 12.2. The average Bonchev–Trinajstić information content (AvgIpc) is 2.98. The Morgan fingerprint density at radius 2 is 1.90 bits per heavy atom. The van der Waals surface area contributed by atoms with E-state index in [2.05, 4.69) is 4.98 Å². The summed E-state index contributed by atoms with van der Waals surface area (Å²) in [6, 6.07) is 1.87. The molecule has 0 aromatic carbocycles. The van der Waals surface area contributed by atoms with Gasteiger partial charge in [0, 0.05) is 30.0 Å². The molecule has 2 heterocycles. The summed E-state index contributed by atoms with van der Waals surface area (Å²) in [4.78, 5) is 31.0. The zero-order valence-corrected chi connectivity index (χ0v) is 12.5.